The van der Waals surface area contributed by atoms with Gasteiger partial charge in [0.05, 0.1) is 24.9 Å². The number of carbonyl (C=O) groups is 4. The maximum atomic E-state index is 13.9. The SMILES string of the molecule is CCC1CC(C(=O)CCCNC(=O)c2nc(C)cs2)C[C@@H](O[C@@H]2O[C@@H](CO)[C@H](O)C(O[C@@H](CC3CCCCC3)C(=O)O)C2NC(C)=O)[C@@H]1OC1O[C@@H](C)[C@H](O)C(O)[C@@H]1O. The Hall–Kier alpha value is -2.69. The second kappa shape index (κ2) is 21.9. The Kier molecular flexibility index (Phi) is 17.6. The first kappa shape index (κ1) is 47.4. The second-order valence-corrected chi connectivity index (χ2v) is 17.4. The van der Waals surface area contributed by atoms with Gasteiger partial charge < -0.3 is 65.0 Å². The smallest absolute Gasteiger partial charge is 0.332 e. The maximum absolute atomic E-state index is 13.9. The van der Waals surface area contributed by atoms with Gasteiger partial charge in [0.25, 0.3) is 5.91 Å². The van der Waals surface area contributed by atoms with Crippen LogP contribution in [0.15, 0.2) is 5.38 Å². The Morgan fingerprint density at radius 1 is 0.966 bits per heavy atom. The lowest BCUT2D eigenvalue weighted by atomic mass is 9.74. The van der Waals surface area contributed by atoms with Gasteiger partial charge >= 0.3 is 5.97 Å². The molecule has 19 heteroatoms. The van der Waals surface area contributed by atoms with E-state index in [2.05, 4.69) is 15.6 Å². The van der Waals surface area contributed by atoms with E-state index in [1.165, 1.54) is 25.2 Å². The average Bonchev–Trinajstić information content (AvgIpc) is 3.66. The number of thiazole rings is 1. The highest BCUT2D eigenvalue weighted by Crippen LogP contribution is 2.40. The van der Waals surface area contributed by atoms with Crippen LogP contribution in [0.25, 0.3) is 0 Å². The summed E-state index contributed by atoms with van der Waals surface area (Å²) in [5, 5.41) is 71.5. The molecule has 2 aliphatic heterocycles. The number of aliphatic hydroxyl groups is 5. The molecule has 8 N–H and O–H groups in total. The number of carboxylic acid groups (broad SMARTS) is 1. The van der Waals surface area contributed by atoms with Gasteiger partial charge in [-0.1, -0.05) is 45.4 Å². The van der Waals surface area contributed by atoms with Crippen molar-refractivity contribution in [3.63, 3.8) is 0 Å². The van der Waals surface area contributed by atoms with Crippen molar-refractivity contribution in [2.75, 3.05) is 13.2 Å². The third-order valence-electron chi connectivity index (χ3n) is 12.1. The Balaban J connectivity index is 1.39. The molecule has 0 radical (unpaired) electrons. The zero-order valence-electron chi connectivity index (χ0n) is 34.2. The normalized spacial score (nSPS) is 36.1. The molecule has 1 aromatic rings. The summed E-state index contributed by atoms with van der Waals surface area (Å²) < 4.78 is 31.1. The Bertz CT molecular complexity index is 1550. The summed E-state index contributed by atoms with van der Waals surface area (Å²) in [4.78, 5) is 55.9. The summed E-state index contributed by atoms with van der Waals surface area (Å²) in [5.41, 5.74) is 0.734. The van der Waals surface area contributed by atoms with E-state index in [0.29, 0.717) is 24.3 Å². The molecule has 0 bridgehead atoms. The van der Waals surface area contributed by atoms with E-state index in [0.717, 1.165) is 37.8 Å². The number of carbonyl (C=O) groups excluding carboxylic acids is 3. The number of amides is 2. The molecular weight excluding hydrogens is 795 g/mol. The first-order chi connectivity index (χ1) is 28.1. The number of ketones is 1. The minimum atomic E-state index is -1.65. The number of nitrogens with one attached hydrogen (secondary N) is 2. The molecule has 18 nitrogen and oxygen atoms in total. The zero-order chi connectivity index (χ0) is 43.0. The van der Waals surface area contributed by atoms with E-state index in [-0.39, 0.29) is 43.4 Å². The number of aliphatic carboxylic acids is 1. The number of hydrogen-bond acceptors (Lipinski definition) is 16. The third kappa shape index (κ3) is 12.2. The minimum Gasteiger partial charge on any atom is -0.479 e. The summed E-state index contributed by atoms with van der Waals surface area (Å²) in [7, 11) is 0. The highest BCUT2D eigenvalue weighted by Gasteiger charge is 2.52. The number of aromatic nitrogens is 1. The van der Waals surface area contributed by atoms with Crippen molar-refractivity contribution in [3.05, 3.63) is 16.1 Å². The summed E-state index contributed by atoms with van der Waals surface area (Å²) in [5.74, 6) is -3.13. The number of aryl methyl sites for hydroxylation is 1. The predicted octanol–water partition coefficient (Wildman–Crippen LogP) is 0.956. The quantitative estimate of drug-likeness (QED) is 0.0955. The standard InChI is InChI=1S/C40H63N3O15S/c1-5-23-15-24(25(46)12-9-13-41-36(51)37-42-19(2)18-59-37)16-26(34(23)58-40-33(50)32(49)30(47)20(3)54-40)56-39-29(43-21(4)45)35(31(48)28(17-44)57-39)55-27(38(52)53)14-22-10-7-6-8-11-22/h18,20,22-24,26-35,39-40,44,47-50H,5-17H2,1-4H3,(H,41,51)(H,43,45)(H,52,53)/t20-,23?,24?,26+,27-,28-,29?,30-,31-,32?,33-,34+,35?,39+,40?/m0/s1. The molecule has 334 valence electrons. The fourth-order valence-electron chi connectivity index (χ4n) is 8.83. The van der Waals surface area contributed by atoms with Crippen molar-refractivity contribution in [1.82, 2.24) is 15.6 Å². The van der Waals surface area contributed by atoms with Crippen LogP contribution in [0.4, 0.5) is 0 Å². The van der Waals surface area contributed by atoms with Crippen molar-refractivity contribution in [1.29, 1.82) is 0 Å². The molecule has 3 heterocycles. The Morgan fingerprint density at radius 3 is 2.32 bits per heavy atom. The number of carboxylic acids is 1. The van der Waals surface area contributed by atoms with Crippen molar-refractivity contribution in [2.24, 2.45) is 17.8 Å². The summed E-state index contributed by atoms with van der Waals surface area (Å²) in [6.07, 6.45) is -9.86. The van der Waals surface area contributed by atoms with Crippen molar-refractivity contribution in [2.45, 2.75) is 178 Å². The van der Waals surface area contributed by atoms with Crippen LogP contribution in [0.3, 0.4) is 0 Å². The molecule has 4 fully saturated rings. The van der Waals surface area contributed by atoms with Crippen LogP contribution in [0.2, 0.25) is 0 Å². The fraction of sp³-hybridized carbons (Fsp3) is 0.825. The van der Waals surface area contributed by atoms with Gasteiger partial charge in [-0.3, -0.25) is 14.4 Å². The number of ether oxygens (including phenoxy) is 5. The monoisotopic (exact) mass is 857 g/mol. The van der Waals surface area contributed by atoms with E-state index in [1.807, 2.05) is 6.92 Å². The predicted molar refractivity (Wildman–Crippen MR) is 209 cm³/mol. The van der Waals surface area contributed by atoms with Gasteiger partial charge in [0.15, 0.2) is 23.7 Å². The molecule has 15 atom stereocenters. The average molecular weight is 858 g/mol. The number of Topliss-reactive ketones (excluding diaryl/α,β-unsaturated/α-hetero) is 1. The van der Waals surface area contributed by atoms with Gasteiger partial charge in [-0.25, -0.2) is 9.78 Å². The molecule has 2 saturated heterocycles. The summed E-state index contributed by atoms with van der Waals surface area (Å²) >= 11 is 1.23. The van der Waals surface area contributed by atoms with Crippen LogP contribution in [0.1, 0.15) is 107 Å². The highest BCUT2D eigenvalue weighted by atomic mass is 32.1. The second-order valence-electron chi connectivity index (χ2n) is 16.5. The van der Waals surface area contributed by atoms with Crippen LogP contribution in [0, 0.1) is 24.7 Å². The number of nitrogens with zero attached hydrogens (tertiary/aromatic N) is 1. The molecule has 1 aromatic heterocycles. The lowest BCUT2D eigenvalue weighted by molar-refractivity contribution is -0.338. The first-order valence-corrected chi connectivity index (χ1v) is 21.8. The van der Waals surface area contributed by atoms with Crippen LogP contribution in [-0.4, -0.2) is 152 Å². The molecule has 6 unspecified atom stereocenters. The summed E-state index contributed by atoms with van der Waals surface area (Å²) in [6.45, 7) is 5.95. The topological polar surface area (TPSA) is 273 Å². The molecule has 0 spiro atoms. The van der Waals surface area contributed by atoms with Crippen LogP contribution >= 0.6 is 11.3 Å². The lowest BCUT2D eigenvalue weighted by Gasteiger charge is -2.49. The van der Waals surface area contributed by atoms with Gasteiger partial charge in [-0.05, 0) is 51.4 Å². The van der Waals surface area contributed by atoms with Gasteiger partial charge in [0, 0.05) is 36.9 Å². The van der Waals surface area contributed by atoms with Gasteiger partial charge in [0.2, 0.25) is 5.91 Å². The number of rotatable bonds is 18. The van der Waals surface area contributed by atoms with Crippen molar-refractivity contribution < 1.29 is 73.5 Å². The Morgan fingerprint density at radius 2 is 1.69 bits per heavy atom. The minimum absolute atomic E-state index is 0.0538. The molecule has 0 aromatic carbocycles. The summed E-state index contributed by atoms with van der Waals surface area (Å²) in [6, 6.07) is -1.30. The largest absolute Gasteiger partial charge is 0.479 e. The highest BCUT2D eigenvalue weighted by molar-refractivity contribution is 7.11. The number of hydrogen-bond donors (Lipinski definition) is 8. The number of aliphatic hydroxyl groups excluding tert-OH is 5. The molecule has 5 rings (SSSR count). The molecule has 2 amide bonds. The lowest BCUT2D eigenvalue weighted by Crippen LogP contribution is -2.67. The van der Waals surface area contributed by atoms with Crippen LogP contribution in [-0.2, 0) is 38.1 Å². The van der Waals surface area contributed by atoms with Crippen molar-refractivity contribution >= 4 is 34.9 Å². The van der Waals surface area contributed by atoms with Gasteiger partial charge in [-0.15, -0.1) is 11.3 Å². The zero-order valence-corrected chi connectivity index (χ0v) is 35.0. The van der Waals surface area contributed by atoms with E-state index >= 15 is 0 Å². The van der Waals surface area contributed by atoms with E-state index in [9.17, 15) is 49.8 Å². The fourth-order valence-corrected chi connectivity index (χ4v) is 9.54. The molecule has 59 heavy (non-hydrogen) atoms. The van der Waals surface area contributed by atoms with Crippen LogP contribution < -0.4 is 10.6 Å². The first-order valence-electron chi connectivity index (χ1n) is 20.9. The molecule has 4 aliphatic rings. The molecular formula is C40H63N3O15S. The molecule has 2 saturated carbocycles. The molecule has 2 aliphatic carbocycles. The Labute approximate surface area is 348 Å². The van der Waals surface area contributed by atoms with Crippen molar-refractivity contribution in [3.8, 4) is 0 Å². The van der Waals surface area contributed by atoms with Gasteiger partial charge in [0.1, 0.15) is 48.4 Å². The van der Waals surface area contributed by atoms with E-state index in [1.54, 1.807) is 12.3 Å². The van der Waals surface area contributed by atoms with Gasteiger partial charge in [-0.2, -0.15) is 0 Å². The maximum Gasteiger partial charge on any atom is 0.332 e. The van der Waals surface area contributed by atoms with E-state index < -0.39 is 110 Å². The third-order valence-corrected chi connectivity index (χ3v) is 13.1. The van der Waals surface area contributed by atoms with E-state index in [4.69, 9.17) is 23.7 Å². The van der Waals surface area contributed by atoms with Crippen LogP contribution in [0.5, 0.6) is 0 Å².